The molecule has 0 aliphatic carbocycles. The van der Waals surface area contributed by atoms with Crippen molar-refractivity contribution < 1.29 is 14.6 Å². The Morgan fingerprint density at radius 3 is 2.76 bits per heavy atom. The summed E-state index contributed by atoms with van der Waals surface area (Å²) in [7, 11) is 1.64. The predicted octanol–water partition coefficient (Wildman–Crippen LogP) is 2.37. The fourth-order valence-corrected chi connectivity index (χ4v) is 3.38. The highest BCUT2D eigenvalue weighted by Crippen LogP contribution is 2.28. The number of β-amino-alcohol motifs (C(OH)–C–C–N with tert-alkyl or cyclic N) is 1. The third-order valence-electron chi connectivity index (χ3n) is 4.39. The first-order valence-corrected chi connectivity index (χ1v) is 10.5. The molecule has 0 unspecified atom stereocenters. The highest BCUT2D eigenvalue weighted by molar-refractivity contribution is 7.98. The van der Waals surface area contributed by atoms with Crippen LogP contribution in [0.25, 0.3) is 0 Å². The van der Waals surface area contributed by atoms with Crippen LogP contribution in [-0.4, -0.2) is 68.0 Å². The van der Waals surface area contributed by atoms with Gasteiger partial charge in [-0.05, 0) is 49.9 Å². The van der Waals surface area contributed by atoms with Gasteiger partial charge in [-0.25, -0.2) is 0 Å². The number of hydrogen-bond acceptors (Lipinski definition) is 6. The molecule has 5 nitrogen and oxygen atoms in total. The molecule has 0 spiro atoms. The van der Waals surface area contributed by atoms with Crippen molar-refractivity contribution in [3.63, 3.8) is 0 Å². The summed E-state index contributed by atoms with van der Waals surface area (Å²) in [6, 6.07) is 5.97. The summed E-state index contributed by atoms with van der Waals surface area (Å²) in [6.45, 7) is 4.92. The molecule has 0 bridgehead atoms. The van der Waals surface area contributed by atoms with Crippen molar-refractivity contribution in [1.29, 1.82) is 0 Å². The van der Waals surface area contributed by atoms with E-state index in [2.05, 4.69) is 16.5 Å². The molecule has 0 radical (unpaired) electrons. The van der Waals surface area contributed by atoms with Gasteiger partial charge in [-0.3, -0.25) is 0 Å². The van der Waals surface area contributed by atoms with E-state index in [0.717, 1.165) is 37.5 Å². The molecule has 6 heteroatoms. The average molecular weight is 369 g/mol. The quantitative estimate of drug-likeness (QED) is 0.585. The van der Waals surface area contributed by atoms with Crippen LogP contribution in [0.4, 0.5) is 0 Å². The topological polar surface area (TPSA) is 54.0 Å². The van der Waals surface area contributed by atoms with Gasteiger partial charge in [-0.15, -0.1) is 0 Å². The first-order valence-electron chi connectivity index (χ1n) is 9.12. The summed E-state index contributed by atoms with van der Waals surface area (Å²) in [5.74, 6) is 2.50. The second-order valence-corrected chi connectivity index (χ2v) is 7.47. The van der Waals surface area contributed by atoms with Crippen LogP contribution in [0.2, 0.25) is 0 Å². The van der Waals surface area contributed by atoms with Crippen LogP contribution in [0.3, 0.4) is 0 Å². The SMILES string of the molecule is COc1ccc(CNCCSC)cc1OC[C@H](O)CN1CCCCC1. The number of methoxy groups -OCH3 is 1. The zero-order chi connectivity index (χ0) is 17.9. The molecule has 1 heterocycles. The molecular formula is C19H32N2O3S. The number of nitrogens with zero attached hydrogens (tertiary/aromatic N) is 1. The highest BCUT2D eigenvalue weighted by atomic mass is 32.2. The summed E-state index contributed by atoms with van der Waals surface area (Å²) in [6.07, 6.45) is 5.39. The minimum Gasteiger partial charge on any atom is -0.493 e. The van der Waals surface area contributed by atoms with Gasteiger partial charge in [0.25, 0.3) is 0 Å². The summed E-state index contributed by atoms with van der Waals surface area (Å²) < 4.78 is 11.3. The van der Waals surface area contributed by atoms with Gasteiger partial charge in [0.2, 0.25) is 0 Å². The summed E-state index contributed by atoms with van der Waals surface area (Å²) in [5.41, 5.74) is 1.16. The Morgan fingerprint density at radius 2 is 2.04 bits per heavy atom. The molecule has 1 saturated heterocycles. The van der Waals surface area contributed by atoms with Crippen LogP contribution in [-0.2, 0) is 6.54 Å². The van der Waals surface area contributed by atoms with Crippen molar-refractivity contribution in [3.05, 3.63) is 23.8 Å². The van der Waals surface area contributed by atoms with Crippen molar-refractivity contribution in [3.8, 4) is 11.5 Å². The summed E-state index contributed by atoms with van der Waals surface area (Å²) in [5, 5.41) is 13.7. The number of ether oxygens (including phenoxy) is 2. The molecule has 0 amide bonds. The lowest BCUT2D eigenvalue weighted by Crippen LogP contribution is -2.38. The molecule has 1 atom stereocenters. The fourth-order valence-electron chi connectivity index (χ4n) is 3.03. The van der Waals surface area contributed by atoms with E-state index in [1.165, 1.54) is 19.3 Å². The fraction of sp³-hybridized carbons (Fsp3) is 0.684. The van der Waals surface area contributed by atoms with Crippen LogP contribution in [0.1, 0.15) is 24.8 Å². The normalized spacial score (nSPS) is 16.6. The van der Waals surface area contributed by atoms with Crippen molar-refractivity contribution in [2.45, 2.75) is 31.9 Å². The van der Waals surface area contributed by atoms with Crippen LogP contribution >= 0.6 is 11.8 Å². The third-order valence-corrected chi connectivity index (χ3v) is 5.00. The summed E-state index contributed by atoms with van der Waals surface area (Å²) >= 11 is 1.83. The number of aliphatic hydroxyl groups is 1. The lowest BCUT2D eigenvalue weighted by molar-refractivity contribution is 0.0608. The van der Waals surface area contributed by atoms with E-state index in [1.807, 2.05) is 30.0 Å². The smallest absolute Gasteiger partial charge is 0.161 e. The number of aliphatic hydroxyl groups excluding tert-OH is 1. The zero-order valence-corrected chi connectivity index (χ0v) is 16.3. The lowest BCUT2D eigenvalue weighted by Gasteiger charge is -2.28. The monoisotopic (exact) mass is 368 g/mol. The minimum atomic E-state index is -0.480. The van der Waals surface area contributed by atoms with Gasteiger partial charge in [0.05, 0.1) is 7.11 Å². The Morgan fingerprint density at radius 1 is 1.24 bits per heavy atom. The Bertz CT molecular complexity index is 496. The number of rotatable bonds is 11. The molecule has 2 rings (SSSR count). The van der Waals surface area contributed by atoms with Gasteiger partial charge in [-0.2, -0.15) is 11.8 Å². The molecule has 142 valence electrons. The van der Waals surface area contributed by atoms with Crippen LogP contribution in [0, 0.1) is 0 Å². The molecule has 1 aromatic carbocycles. The molecule has 0 saturated carbocycles. The van der Waals surface area contributed by atoms with E-state index in [9.17, 15) is 5.11 Å². The van der Waals surface area contributed by atoms with E-state index in [0.29, 0.717) is 18.0 Å². The number of piperidine rings is 1. The molecule has 1 aromatic rings. The average Bonchev–Trinajstić information content (AvgIpc) is 2.64. The van der Waals surface area contributed by atoms with Crippen molar-refractivity contribution in [1.82, 2.24) is 10.2 Å². The molecular weight excluding hydrogens is 336 g/mol. The van der Waals surface area contributed by atoms with E-state index in [4.69, 9.17) is 9.47 Å². The first kappa shape index (κ1) is 20.4. The van der Waals surface area contributed by atoms with Gasteiger partial charge in [0, 0.05) is 25.4 Å². The molecule has 2 N–H and O–H groups in total. The number of likely N-dealkylation sites (tertiary alicyclic amines) is 1. The Balaban J connectivity index is 1.83. The lowest BCUT2D eigenvalue weighted by atomic mass is 10.1. The number of hydrogen-bond donors (Lipinski definition) is 2. The van der Waals surface area contributed by atoms with E-state index < -0.39 is 6.10 Å². The Labute approximate surface area is 156 Å². The Hall–Kier alpha value is -0.950. The van der Waals surface area contributed by atoms with E-state index >= 15 is 0 Å². The summed E-state index contributed by atoms with van der Waals surface area (Å²) in [4.78, 5) is 2.32. The number of nitrogens with one attached hydrogen (secondary N) is 1. The number of thioether (sulfide) groups is 1. The minimum absolute atomic E-state index is 0.288. The maximum absolute atomic E-state index is 10.3. The van der Waals surface area contributed by atoms with Gasteiger partial charge >= 0.3 is 0 Å². The van der Waals surface area contributed by atoms with Gasteiger partial charge in [-0.1, -0.05) is 12.5 Å². The van der Waals surface area contributed by atoms with Gasteiger partial charge in [0.15, 0.2) is 11.5 Å². The molecule has 1 aliphatic rings. The second-order valence-electron chi connectivity index (χ2n) is 6.48. The molecule has 1 fully saturated rings. The van der Waals surface area contributed by atoms with Crippen molar-refractivity contribution in [2.75, 3.05) is 51.9 Å². The van der Waals surface area contributed by atoms with Gasteiger partial charge < -0.3 is 24.8 Å². The maximum Gasteiger partial charge on any atom is 0.161 e. The van der Waals surface area contributed by atoms with E-state index in [1.54, 1.807) is 7.11 Å². The van der Waals surface area contributed by atoms with E-state index in [-0.39, 0.29) is 6.61 Å². The van der Waals surface area contributed by atoms with Crippen molar-refractivity contribution >= 4 is 11.8 Å². The molecule has 1 aliphatic heterocycles. The largest absolute Gasteiger partial charge is 0.493 e. The maximum atomic E-state index is 10.3. The third kappa shape index (κ3) is 7.44. The van der Waals surface area contributed by atoms with Crippen molar-refractivity contribution in [2.24, 2.45) is 0 Å². The predicted molar refractivity (Wildman–Crippen MR) is 105 cm³/mol. The van der Waals surface area contributed by atoms with Crippen LogP contribution in [0.15, 0.2) is 18.2 Å². The second kappa shape index (κ2) is 11.6. The van der Waals surface area contributed by atoms with Crippen LogP contribution in [0.5, 0.6) is 11.5 Å². The van der Waals surface area contributed by atoms with Gasteiger partial charge in [0.1, 0.15) is 12.7 Å². The Kier molecular flexibility index (Phi) is 9.47. The zero-order valence-electron chi connectivity index (χ0n) is 15.5. The molecule has 0 aromatic heterocycles. The first-order chi connectivity index (χ1) is 12.2. The highest BCUT2D eigenvalue weighted by Gasteiger charge is 2.16. The standard InChI is InChI=1S/C19H32N2O3S/c1-23-18-7-6-16(13-20-8-11-25-2)12-19(18)24-15-17(22)14-21-9-4-3-5-10-21/h6-7,12,17,20,22H,3-5,8-11,13-15H2,1-2H3/t17-/m1/s1. The molecule has 25 heavy (non-hydrogen) atoms. The number of benzene rings is 1. The van der Waals surface area contributed by atoms with Crippen LogP contribution < -0.4 is 14.8 Å².